The van der Waals surface area contributed by atoms with Crippen molar-refractivity contribution in [2.75, 3.05) is 18.0 Å². The molecule has 1 aliphatic heterocycles. The lowest BCUT2D eigenvalue weighted by Gasteiger charge is -2.38. The van der Waals surface area contributed by atoms with Crippen molar-refractivity contribution >= 4 is 16.6 Å². The Labute approximate surface area is 170 Å². The van der Waals surface area contributed by atoms with E-state index in [1.165, 1.54) is 17.8 Å². The second kappa shape index (κ2) is 7.18. The van der Waals surface area contributed by atoms with Gasteiger partial charge in [0, 0.05) is 36.7 Å². The van der Waals surface area contributed by atoms with Gasteiger partial charge in [0.1, 0.15) is 5.82 Å². The maximum atomic E-state index is 13.5. The highest BCUT2D eigenvalue weighted by molar-refractivity contribution is 6.00. The van der Waals surface area contributed by atoms with Gasteiger partial charge in [-0.3, -0.25) is 4.79 Å². The number of benzene rings is 2. The average Bonchev–Trinajstić information content (AvgIpc) is 3.21. The molecule has 0 radical (unpaired) electrons. The van der Waals surface area contributed by atoms with E-state index in [1.807, 2.05) is 35.8 Å². The number of allylic oxidation sites excluding steroid dienone is 2. The molecule has 2 atom stereocenters. The summed E-state index contributed by atoms with van der Waals surface area (Å²) in [4.78, 5) is 14.9. The summed E-state index contributed by atoms with van der Waals surface area (Å²) < 4.78 is 15.4. The van der Waals surface area contributed by atoms with Gasteiger partial charge in [-0.15, -0.1) is 0 Å². The van der Waals surface area contributed by atoms with Crippen molar-refractivity contribution in [2.45, 2.75) is 26.3 Å². The molecule has 1 saturated heterocycles. The fraction of sp³-hybridized carbons (Fsp3) is 0.320. The minimum Gasteiger partial charge on any atom is -0.370 e. The number of nitrogens with zero attached hydrogens (tertiary/aromatic N) is 2. The van der Waals surface area contributed by atoms with Crippen molar-refractivity contribution < 1.29 is 4.39 Å². The normalized spacial score (nSPS) is 21.0. The van der Waals surface area contributed by atoms with Gasteiger partial charge in [0.05, 0.1) is 11.2 Å². The molecular weight excluding hydrogens is 363 g/mol. The third-order valence-corrected chi connectivity index (χ3v) is 6.55. The molecule has 5 rings (SSSR count). The average molecular weight is 388 g/mol. The van der Waals surface area contributed by atoms with Crippen molar-refractivity contribution in [3.05, 3.63) is 76.9 Å². The van der Waals surface area contributed by atoms with Crippen molar-refractivity contribution in [2.24, 2.45) is 11.8 Å². The van der Waals surface area contributed by atoms with Gasteiger partial charge < -0.3 is 9.47 Å². The molecule has 3 nitrogen and oxygen atoms in total. The number of rotatable bonds is 3. The first kappa shape index (κ1) is 18.2. The summed E-state index contributed by atoms with van der Waals surface area (Å²) >= 11 is 0. The molecule has 148 valence electrons. The second-order valence-electron chi connectivity index (χ2n) is 8.14. The topological polar surface area (TPSA) is 25.2 Å². The lowest BCUT2D eigenvalue weighted by Crippen LogP contribution is -2.39. The lowest BCUT2D eigenvalue weighted by atomic mass is 9.87. The van der Waals surface area contributed by atoms with E-state index in [0.717, 1.165) is 48.0 Å². The van der Waals surface area contributed by atoms with Crippen LogP contribution in [0.15, 0.2) is 65.5 Å². The van der Waals surface area contributed by atoms with E-state index in [4.69, 9.17) is 0 Å². The Kier molecular flexibility index (Phi) is 4.50. The molecule has 3 aromatic rings. The summed E-state index contributed by atoms with van der Waals surface area (Å²) in [5.74, 6) is 1.11. The van der Waals surface area contributed by atoms with E-state index in [9.17, 15) is 9.18 Å². The van der Waals surface area contributed by atoms with E-state index in [0.29, 0.717) is 18.4 Å². The van der Waals surface area contributed by atoms with Crippen LogP contribution in [0.25, 0.3) is 22.0 Å². The van der Waals surface area contributed by atoms with Crippen LogP contribution in [0.4, 0.5) is 10.1 Å². The molecule has 0 unspecified atom stereocenters. The molecule has 1 aromatic heterocycles. The van der Waals surface area contributed by atoms with Crippen molar-refractivity contribution in [1.82, 2.24) is 4.57 Å². The van der Waals surface area contributed by atoms with E-state index in [1.54, 1.807) is 6.07 Å². The number of hydrogen-bond donors (Lipinski definition) is 0. The molecule has 2 heterocycles. The molecule has 0 amide bonds. The smallest absolute Gasteiger partial charge is 0.251 e. The van der Waals surface area contributed by atoms with E-state index in [2.05, 4.69) is 23.1 Å². The molecule has 0 N–H and O–H groups in total. The van der Waals surface area contributed by atoms with Crippen LogP contribution >= 0.6 is 0 Å². The summed E-state index contributed by atoms with van der Waals surface area (Å²) in [6.45, 7) is 4.64. The summed E-state index contributed by atoms with van der Waals surface area (Å²) in [6, 6.07) is 14.5. The number of aryl methyl sites for hydroxylation is 1. The zero-order valence-electron chi connectivity index (χ0n) is 16.6. The highest BCUT2D eigenvalue weighted by atomic mass is 19.1. The van der Waals surface area contributed by atoms with Gasteiger partial charge >= 0.3 is 0 Å². The molecule has 1 aliphatic carbocycles. The molecule has 0 bridgehead atoms. The van der Waals surface area contributed by atoms with E-state index < -0.39 is 0 Å². The number of pyridine rings is 1. The number of anilines is 1. The minimum atomic E-state index is -0.228. The third-order valence-electron chi connectivity index (χ3n) is 6.55. The number of hydrogen-bond acceptors (Lipinski definition) is 2. The predicted molar refractivity (Wildman–Crippen MR) is 117 cm³/mol. The quantitative estimate of drug-likeness (QED) is 0.574. The van der Waals surface area contributed by atoms with E-state index in [-0.39, 0.29) is 11.4 Å². The van der Waals surface area contributed by atoms with Crippen LogP contribution in [0.1, 0.15) is 19.8 Å². The van der Waals surface area contributed by atoms with Gasteiger partial charge in [0.25, 0.3) is 5.56 Å². The van der Waals surface area contributed by atoms with Gasteiger partial charge in [-0.1, -0.05) is 30.4 Å². The monoisotopic (exact) mass is 388 g/mol. The first-order valence-corrected chi connectivity index (χ1v) is 10.5. The molecule has 0 saturated carbocycles. The van der Waals surface area contributed by atoms with Crippen LogP contribution in [0.5, 0.6) is 0 Å². The third kappa shape index (κ3) is 3.07. The Bertz CT molecular complexity index is 1150. The van der Waals surface area contributed by atoms with Crippen LogP contribution in [-0.2, 0) is 6.54 Å². The Hall–Kier alpha value is -2.88. The van der Waals surface area contributed by atoms with Crippen LogP contribution < -0.4 is 10.5 Å². The summed E-state index contributed by atoms with van der Waals surface area (Å²) in [7, 11) is 0. The molecule has 2 aromatic carbocycles. The number of fused-ring (bicyclic) bond motifs is 2. The molecule has 2 aliphatic rings. The Morgan fingerprint density at radius 1 is 1.07 bits per heavy atom. The molecule has 1 fully saturated rings. The fourth-order valence-electron chi connectivity index (χ4n) is 5.07. The van der Waals surface area contributed by atoms with Crippen molar-refractivity contribution in [1.29, 1.82) is 0 Å². The van der Waals surface area contributed by atoms with Crippen molar-refractivity contribution in [3.63, 3.8) is 0 Å². The fourth-order valence-corrected chi connectivity index (χ4v) is 5.07. The SMILES string of the molecule is CCn1c(=O)ccc2c(N3CC[C@H]4C=CC[C@@H]4C3)c(-c3ccc(F)cc3)ccc21. The Balaban J connectivity index is 1.72. The first-order valence-electron chi connectivity index (χ1n) is 10.5. The van der Waals surface area contributed by atoms with Gasteiger partial charge in [-0.2, -0.15) is 0 Å². The van der Waals surface area contributed by atoms with Crippen LogP contribution in [0.3, 0.4) is 0 Å². The minimum absolute atomic E-state index is 0.0270. The molecule has 29 heavy (non-hydrogen) atoms. The highest BCUT2D eigenvalue weighted by Crippen LogP contribution is 2.41. The number of piperidine rings is 1. The second-order valence-corrected chi connectivity index (χ2v) is 8.14. The maximum Gasteiger partial charge on any atom is 0.251 e. The van der Waals surface area contributed by atoms with Crippen LogP contribution in [0, 0.1) is 17.7 Å². The Morgan fingerprint density at radius 3 is 2.69 bits per heavy atom. The molecular formula is C25H25FN2O. The molecule has 0 spiro atoms. The summed E-state index contributed by atoms with van der Waals surface area (Å²) in [6.07, 6.45) is 6.98. The van der Waals surface area contributed by atoms with Crippen molar-refractivity contribution in [3.8, 4) is 11.1 Å². The van der Waals surface area contributed by atoms with Crippen LogP contribution in [0.2, 0.25) is 0 Å². The Morgan fingerprint density at radius 2 is 1.90 bits per heavy atom. The largest absolute Gasteiger partial charge is 0.370 e. The van der Waals surface area contributed by atoms with Gasteiger partial charge in [-0.05, 0) is 61.4 Å². The van der Waals surface area contributed by atoms with Crippen LogP contribution in [-0.4, -0.2) is 17.7 Å². The number of halogens is 1. The maximum absolute atomic E-state index is 13.5. The number of aromatic nitrogens is 1. The summed E-state index contributed by atoms with van der Waals surface area (Å²) in [5.41, 5.74) is 4.26. The molecule has 4 heteroatoms. The van der Waals surface area contributed by atoms with E-state index >= 15 is 0 Å². The first-order chi connectivity index (χ1) is 14.2. The summed E-state index contributed by atoms with van der Waals surface area (Å²) in [5, 5.41) is 1.10. The predicted octanol–water partition coefficient (Wildman–Crippen LogP) is 5.23. The van der Waals surface area contributed by atoms with Gasteiger partial charge in [-0.25, -0.2) is 4.39 Å². The lowest BCUT2D eigenvalue weighted by molar-refractivity contribution is 0.356. The standard InChI is InChI=1S/C25H25FN2O/c1-2-28-23-12-10-21(18-6-8-20(26)9-7-18)25(22(23)11-13-24(28)29)27-15-14-17-4-3-5-19(17)16-27/h3-4,6-13,17,19H,2,5,14-16H2,1H3/t17-,19-/m1/s1. The van der Waals surface area contributed by atoms with Gasteiger partial charge in [0.15, 0.2) is 0 Å². The highest BCUT2D eigenvalue weighted by Gasteiger charge is 2.31. The zero-order chi connectivity index (χ0) is 20.0. The van der Waals surface area contributed by atoms with Gasteiger partial charge in [0.2, 0.25) is 0 Å². The zero-order valence-corrected chi connectivity index (χ0v) is 16.6.